The lowest BCUT2D eigenvalue weighted by atomic mass is 10.1. The molecule has 0 spiro atoms. The van der Waals surface area contributed by atoms with E-state index in [1.807, 2.05) is 0 Å². The molecule has 0 radical (unpaired) electrons. The highest BCUT2D eigenvalue weighted by molar-refractivity contribution is 9.10. The first-order valence-corrected chi connectivity index (χ1v) is 7.43. The maximum absolute atomic E-state index is 12.1. The summed E-state index contributed by atoms with van der Waals surface area (Å²) in [5, 5.41) is 3.05. The average Bonchev–Trinajstić information content (AvgIpc) is 2.48. The monoisotopic (exact) mass is 390 g/mol. The number of nitrogens with one attached hydrogen (secondary N) is 1. The Morgan fingerprint density at radius 2 is 1.87 bits per heavy atom. The van der Waals surface area contributed by atoms with Gasteiger partial charge in [0.2, 0.25) is 0 Å². The molecule has 1 N–H and O–H groups in total. The second kappa shape index (κ2) is 7.65. The van der Waals surface area contributed by atoms with Crippen molar-refractivity contribution in [2.24, 2.45) is 0 Å². The minimum Gasteiger partial charge on any atom is -0.490 e. The second-order valence-electron chi connectivity index (χ2n) is 4.61. The number of benzene rings is 1. The summed E-state index contributed by atoms with van der Waals surface area (Å²) in [7, 11) is 1.74. The van der Waals surface area contributed by atoms with Crippen molar-refractivity contribution in [1.29, 1.82) is 0 Å². The number of nitrogens with zero attached hydrogens (tertiary/aromatic N) is 1. The zero-order valence-corrected chi connectivity index (χ0v) is 13.7. The van der Waals surface area contributed by atoms with Gasteiger partial charge in [-0.05, 0) is 46.7 Å². The molecule has 1 aromatic carbocycles. The fourth-order valence-electron chi connectivity index (χ4n) is 1.90. The summed E-state index contributed by atoms with van der Waals surface area (Å²) in [5.74, 6) is 0.338. The smallest absolute Gasteiger partial charge is 0.490 e. The molecule has 0 aliphatic heterocycles. The van der Waals surface area contributed by atoms with Crippen LogP contribution in [0.2, 0.25) is 0 Å². The van der Waals surface area contributed by atoms with Gasteiger partial charge in [0.1, 0.15) is 18.1 Å². The number of rotatable bonds is 6. The lowest BCUT2D eigenvalue weighted by molar-refractivity contribution is -0.274. The highest BCUT2D eigenvalue weighted by atomic mass is 79.9. The number of alkyl halides is 3. The minimum absolute atomic E-state index is 0.186. The Balaban J connectivity index is 2.00. The van der Waals surface area contributed by atoms with Crippen LogP contribution in [0.15, 0.2) is 47.2 Å². The number of likely N-dealkylation sites (N-methyl/N-ethyl adjacent to an activating group) is 1. The summed E-state index contributed by atoms with van der Waals surface area (Å²) < 4.78 is 46.7. The number of pyridine rings is 1. The number of ether oxygens (including phenoxy) is 2. The van der Waals surface area contributed by atoms with Crippen molar-refractivity contribution < 1.29 is 22.6 Å². The van der Waals surface area contributed by atoms with Crippen molar-refractivity contribution in [2.75, 3.05) is 13.7 Å². The molecule has 8 heteroatoms. The van der Waals surface area contributed by atoms with Gasteiger partial charge in [0.05, 0.1) is 12.2 Å². The van der Waals surface area contributed by atoms with Crippen molar-refractivity contribution in [3.05, 3.63) is 52.8 Å². The van der Waals surface area contributed by atoms with Crippen LogP contribution in [0.4, 0.5) is 13.2 Å². The van der Waals surface area contributed by atoms with E-state index in [0.29, 0.717) is 12.4 Å². The molecule has 1 aromatic heterocycles. The van der Waals surface area contributed by atoms with Gasteiger partial charge in [-0.2, -0.15) is 0 Å². The van der Waals surface area contributed by atoms with E-state index < -0.39 is 6.36 Å². The largest absolute Gasteiger partial charge is 0.573 e. The SMILES string of the molecule is CNC(COc1cncc(Br)c1)c1ccc(OC(F)(F)F)cc1. The molecule has 0 saturated carbocycles. The standard InChI is InChI=1S/C15H14BrF3N2O2/c1-20-14(9-22-13-6-11(16)7-21-8-13)10-2-4-12(5-3-10)23-15(17,18)19/h2-8,14,20H,9H2,1H3. The van der Waals surface area contributed by atoms with Gasteiger partial charge in [-0.1, -0.05) is 12.1 Å². The molecule has 1 unspecified atom stereocenters. The first kappa shape index (κ1) is 17.6. The summed E-state index contributed by atoms with van der Waals surface area (Å²) in [6.07, 6.45) is -1.47. The predicted octanol–water partition coefficient (Wildman–Crippen LogP) is 4.08. The Labute approximate surface area is 139 Å². The minimum atomic E-state index is -4.69. The topological polar surface area (TPSA) is 43.4 Å². The zero-order chi connectivity index (χ0) is 16.9. The van der Waals surface area contributed by atoms with E-state index in [2.05, 4.69) is 31.0 Å². The molecule has 0 saturated heterocycles. The molecule has 0 amide bonds. The van der Waals surface area contributed by atoms with Gasteiger partial charge in [0.25, 0.3) is 0 Å². The van der Waals surface area contributed by atoms with Crippen LogP contribution in [0.25, 0.3) is 0 Å². The summed E-state index contributed by atoms with van der Waals surface area (Å²) >= 11 is 3.30. The van der Waals surface area contributed by atoms with Gasteiger partial charge in [0, 0.05) is 10.7 Å². The molecule has 1 heterocycles. The number of aromatic nitrogens is 1. The van der Waals surface area contributed by atoms with Crippen molar-refractivity contribution in [2.45, 2.75) is 12.4 Å². The van der Waals surface area contributed by atoms with Crippen LogP contribution in [0.5, 0.6) is 11.5 Å². The van der Waals surface area contributed by atoms with Gasteiger partial charge >= 0.3 is 6.36 Å². The lowest BCUT2D eigenvalue weighted by Gasteiger charge is -2.18. The van der Waals surface area contributed by atoms with E-state index in [1.165, 1.54) is 12.1 Å². The number of hydrogen-bond acceptors (Lipinski definition) is 4. The van der Waals surface area contributed by atoms with Crippen LogP contribution in [0.1, 0.15) is 11.6 Å². The third-order valence-corrected chi connectivity index (χ3v) is 3.39. The quantitative estimate of drug-likeness (QED) is 0.806. The van der Waals surface area contributed by atoms with Gasteiger partial charge in [-0.15, -0.1) is 13.2 Å². The molecule has 4 nitrogen and oxygen atoms in total. The Morgan fingerprint density at radius 3 is 2.43 bits per heavy atom. The molecule has 0 bridgehead atoms. The molecule has 0 aliphatic carbocycles. The van der Waals surface area contributed by atoms with E-state index in [9.17, 15) is 13.2 Å². The van der Waals surface area contributed by atoms with Crippen LogP contribution in [0.3, 0.4) is 0 Å². The fourth-order valence-corrected chi connectivity index (χ4v) is 2.24. The normalized spacial score (nSPS) is 12.7. The molecule has 124 valence electrons. The first-order valence-electron chi connectivity index (χ1n) is 6.64. The van der Waals surface area contributed by atoms with Crippen LogP contribution < -0.4 is 14.8 Å². The van der Waals surface area contributed by atoms with Gasteiger partial charge in [-0.25, -0.2) is 0 Å². The molecule has 0 aliphatic rings. The fraction of sp³-hybridized carbons (Fsp3) is 0.267. The Bertz CT molecular complexity index is 635. The maximum Gasteiger partial charge on any atom is 0.573 e. The molecule has 0 fully saturated rings. The summed E-state index contributed by atoms with van der Waals surface area (Å²) in [6, 6.07) is 7.26. The van der Waals surface area contributed by atoms with Crippen molar-refractivity contribution in [3.63, 3.8) is 0 Å². The Morgan fingerprint density at radius 1 is 1.17 bits per heavy atom. The number of halogens is 4. The van der Waals surface area contributed by atoms with Crippen molar-refractivity contribution >= 4 is 15.9 Å². The van der Waals surface area contributed by atoms with E-state index in [4.69, 9.17) is 4.74 Å². The summed E-state index contributed by atoms with van der Waals surface area (Å²) in [4.78, 5) is 3.99. The Hall–Kier alpha value is -1.80. The molecule has 2 aromatic rings. The van der Waals surface area contributed by atoms with E-state index >= 15 is 0 Å². The second-order valence-corrected chi connectivity index (χ2v) is 5.52. The average molecular weight is 391 g/mol. The lowest BCUT2D eigenvalue weighted by Crippen LogP contribution is -2.23. The van der Waals surface area contributed by atoms with Gasteiger partial charge in [0.15, 0.2) is 0 Å². The Kier molecular flexibility index (Phi) is 5.84. The third-order valence-electron chi connectivity index (χ3n) is 2.96. The molecular formula is C15H14BrF3N2O2. The predicted molar refractivity (Wildman–Crippen MR) is 82.4 cm³/mol. The zero-order valence-electron chi connectivity index (χ0n) is 12.1. The van der Waals surface area contributed by atoms with Crippen molar-refractivity contribution in [1.82, 2.24) is 10.3 Å². The first-order chi connectivity index (χ1) is 10.9. The van der Waals surface area contributed by atoms with Crippen LogP contribution >= 0.6 is 15.9 Å². The molecule has 23 heavy (non-hydrogen) atoms. The number of hydrogen-bond donors (Lipinski definition) is 1. The third kappa shape index (κ3) is 5.72. The van der Waals surface area contributed by atoms with Crippen LogP contribution in [-0.4, -0.2) is 25.0 Å². The maximum atomic E-state index is 12.1. The summed E-state index contributed by atoms with van der Waals surface area (Å²) in [5.41, 5.74) is 0.782. The van der Waals surface area contributed by atoms with Gasteiger partial charge in [-0.3, -0.25) is 4.98 Å². The highest BCUT2D eigenvalue weighted by Crippen LogP contribution is 2.25. The van der Waals surface area contributed by atoms with E-state index in [-0.39, 0.29) is 11.8 Å². The highest BCUT2D eigenvalue weighted by Gasteiger charge is 2.31. The van der Waals surface area contributed by atoms with E-state index in [1.54, 1.807) is 37.6 Å². The molecule has 2 rings (SSSR count). The van der Waals surface area contributed by atoms with Crippen LogP contribution in [-0.2, 0) is 0 Å². The summed E-state index contributed by atoms with van der Waals surface area (Å²) in [6.45, 7) is 0.300. The van der Waals surface area contributed by atoms with Crippen LogP contribution in [0, 0.1) is 0 Å². The molecular weight excluding hydrogens is 377 g/mol. The molecule has 1 atom stereocenters. The van der Waals surface area contributed by atoms with Crippen molar-refractivity contribution in [3.8, 4) is 11.5 Å². The van der Waals surface area contributed by atoms with E-state index in [0.717, 1.165) is 10.0 Å². The van der Waals surface area contributed by atoms with Gasteiger partial charge < -0.3 is 14.8 Å².